The maximum absolute atomic E-state index is 11.0. The first-order valence-electron chi connectivity index (χ1n) is 6.03. The summed E-state index contributed by atoms with van der Waals surface area (Å²) in [6.07, 6.45) is 2.36. The molecule has 4 nitrogen and oxygen atoms in total. The summed E-state index contributed by atoms with van der Waals surface area (Å²) in [5, 5.41) is 12.0. The van der Waals surface area contributed by atoms with Crippen molar-refractivity contribution in [1.82, 2.24) is 4.98 Å². The lowest BCUT2D eigenvalue weighted by Gasteiger charge is -1.99. The summed E-state index contributed by atoms with van der Waals surface area (Å²) in [7, 11) is 0. The van der Waals surface area contributed by atoms with E-state index in [4.69, 9.17) is 5.11 Å². The Labute approximate surface area is 118 Å². The van der Waals surface area contributed by atoms with Crippen molar-refractivity contribution in [2.75, 3.05) is 0 Å². The lowest BCUT2D eigenvalue weighted by Crippen LogP contribution is -2.10. The van der Waals surface area contributed by atoms with Crippen molar-refractivity contribution in [1.29, 1.82) is 0 Å². The summed E-state index contributed by atoms with van der Waals surface area (Å²) >= 11 is 1.29. The molecule has 2 N–H and O–H groups in total. The van der Waals surface area contributed by atoms with Crippen LogP contribution in [0.25, 0.3) is 22.0 Å². The molecule has 5 heteroatoms. The third-order valence-corrected chi connectivity index (χ3v) is 4.24. The second-order valence-electron chi connectivity index (χ2n) is 4.44. The van der Waals surface area contributed by atoms with Crippen LogP contribution >= 0.6 is 11.3 Å². The van der Waals surface area contributed by atoms with E-state index in [1.807, 2.05) is 35.8 Å². The zero-order valence-electron chi connectivity index (χ0n) is 10.4. The number of carboxylic acid groups (broad SMARTS) is 1. The molecule has 1 atom stereocenters. The number of aromatic nitrogens is 1. The zero-order valence-corrected chi connectivity index (χ0v) is 11.2. The molecule has 0 bridgehead atoms. The lowest BCUT2D eigenvalue weighted by atomic mass is 10.0. The van der Waals surface area contributed by atoms with Crippen LogP contribution in [0.3, 0.4) is 0 Å². The van der Waals surface area contributed by atoms with Crippen LogP contribution < -0.4 is 0 Å². The number of aromatic amines is 1. The van der Waals surface area contributed by atoms with Crippen LogP contribution in [0.1, 0.15) is 10.8 Å². The molecule has 0 fully saturated rings. The van der Waals surface area contributed by atoms with Crippen LogP contribution in [-0.4, -0.2) is 22.3 Å². The quantitative estimate of drug-likeness (QED) is 0.571. The van der Waals surface area contributed by atoms with E-state index in [2.05, 4.69) is 4.98 Å². The summed E-state index contributed by atoms with van der Waals surface area (Å²) in [5.74, 6) is -2.20. The molecular formula is C15H11NO3S. The van der Waals surface area contributed by atoms with Crippen molar-refractivity contribution in [2.24, 2.45) is 0 Å². The highest BCUT2D eigenvalue weighted by Crippen LogP contribution is 2.34. The zero-order chi connectivity index (χ0) is 14.1. The van der Waals surface area contributed by atoms with Crippen molar-refractivity contribution in [3.63, 3.8) is 0 Å². The highest BCUT2D eigenvalue weighted by Gasteiger charge is 2.21. The van der Waals surface area contributed by atoms with E-state index in [1.54, 1.807) is 6.07 Å². The number of para-hydroxylation sites is 1. The molecule has 1 unspecified atom stereocenters. The van der Waals surface area contributed by atoms with Gasteiger partial charge < -0.3 is 14.9 Å². The Kier molecular flexibility index (Phi) is 3.12. The van der Waals surface area contributed by atoms with Crippen molar-refractivity contribution < 1.29 is 14.7 Å². The largest absolute Gasteiger partial charge is 0.480 e. The van der Waals surface area contributed by atoms with Gasteiger partial charge in [0.15, 0.2) is 0 Å². The molecule has 0 amide bonds. The fourth-order valence-corrected chi connectivity index (χ4v) is 3.17. The van der Waals surface area contributed by atoms with Crippen molar-refractivity contribution in [2.45, 2.75) is 5.92 Å². The van der Waals surface area contributed by atoms with Gasteiger partial charge in [0, 0.05) is 27.5 Å². The summed E-state index contributed by atoms with van der Waals surface area (Å²) in [5.41, 5.74) is 2.97. The van der Waals surface area contributed by atoms with Crippen LogP contribution in [0.5, 0.6) is 0 Å². The Bertz CT molecular complexity index is 787. The smallest absolute Gasteiger partial charge is 0.319 e. The van der Waals surface area contributed by atoms with E-state index in [9.17, 15) is 9.59 Å². The number of aldehydes is 1. The maximum Gasteiger partial charge on any atom is 0.319 e. The number of carbonyl (C=O) groups excluding carboxylic acids is 1. The standard InChI is InChI=1S/C15H11NO3S/c17-7-12(15(18)19)14-5-9(8-20-14)11-6-16-13-4-2-1-3-10(11)13/h1-8,12,16H,(H,18,19). The Balaban J connectivity index is 2.06. The lowest BCUT2D eigenvalue weighted by molar-refractivity contribution is -0.140. The third-order valence-electron chi connectivity index (χ3n) is 3.23. The molecule has 0 spiro atoms. The SMILES string of the molecule is O=CC(C(=O)O)c1cc(-c2c[nH]c3ccccc23)cs1. The first-order chi connectivity index (χ1) is 9.70. The van der Waals surface area contributed by atoms with Crippen molar-refractivity contribution in [3.05, 3.63) is 46.8 Å². The van der Waals surface area contributed by atoms with Crippen molar-refractivity contribution in [3.8, 4) is 11.1 Å². The molecule has 2 heterocycles. The van der Waals surface area contributed by atoms with E-state index >= 15 is 0 Å². The van der Waals surface area contributed by atoms with Gasteiger partial charge >= 0.3 is 5.97 Å². The van der Waals surface area contributed by atoms with Crippen LogP contribution in [0, 0.1) is 0 Å². The summed E-state index contributed by atoms with van der Waals surface area (Å²) in [4.78, 5) is 25.6. The van der Waals surface area contributed by atoms with Gasteiger partial charge in [-0.15, -0.1) is 11.3 Å². The molecule has 0 radical (unpaired) electrons. The molecule has 3 rings (SSSR count). The molecule has 1 aromatic carbocycles. The van der Waals surface area contributed by atoms with E-state index in [0.29, 0.717) is 11.2 Å². The van der Waals surface area contributed by atoms with E-state index < -0.39 is 11.9 Å². The third kappa shape index (κ3) is 2.02. The normalized spacial score (nSPS) is 12.4. The molecule has 3 aromatic rings. The minimum Gasteiger partial charge on any atom is -0.480 e. The van der Waals surface area contributed by atoms with E-state index in [1.165, 1.54) is 11.3 Å². The topological polar surface area (TPSA) is 70.2 Å². The number of nitrogens with one attached hydrogen (secondary N) is 1. The highest BCUT2D eigenvalue weighted by atomic mass is 32.1. The number of aliphatic carboxylic acids is 1. The number of hydrogen-bond acceptors (Lipinski definition) is 3. The van der Waals surface area contributed by atoms with E-state index in [0.717, 1.165) is 22.0 Å². The number of H-pyrrole nitrogens is 1. The Morgan fingerprint density at radius 3 is 2.90 bits per heavy atom. The van der Waals surface area contributed by atoms with Gasteiger partial charge in [0.1, 0.15) is 12.2 Å². The highest BCUT2D eigenvalue weighted by molar-refractivity contribution is 7.10. The molecule has 100 valence electrons. The molecule has 20 heavy (non-hydrogen) atoms. The van der Waals surface area contributed by atoms with Crippen LogP contribution in [0.4, 0.5) is 0 Å². The van der Waals surface area contributed by atoms with Gasteiger partial charge in [0.05, 0.1) is 0 Å². The second-order valence-corrected chi connectivity index (χ2v) is 5.38. The maximum atomic E-state index is 11.0. The number of rotatable bonds is 4. The summed E-state index contributed by atoms with van der Waals surface area (Å²) < 4.78 is 0. The fraction of sp³-hybridized carbons (Fsp3) is 0.0667. The number of hydrogen-bond donors (Lipinski definition) is 2. The van der Waals surface area contributed by atoms with Crippen LogP contribution in [0.2, 0.25) is 0 Å². The number of thiophene rings is 1. The number of benzene rings is 1. The molecular weight excluding hydrogens is 274 g/mol. The average molecular weight is 285 g/mol. The number of fused-ring (bicyclic) bond motifs is 1. The number of carbonyl (C=O) groups is 2. The van der Waals surface area contributed by atoms with Crippen LogP contribution in [0.15, 0.2) is 41.9 Å². The molecule has 0 saturated heterocycles. The summed E-state index contributed by atoms with van der Waals surface area (Å²) in [6, 6.07) is 9.67. The molecule has 0 aliphatic carbocycles. The molecule has 0 saturated carbocycles. The Hall–Kier alpha value is -2.40. The predicted molar refractivity (Wildman–Crippen MR) is 78.1 cm³/mol. The second kappa shape index (κ2) is 4.94. The van der Waals surface area contributed by atoms with Crippen molar-refractivity contribution >= 4 is 34.5 Å². The first kappa shape index (κ1) is 12.6. The van der Waals surface area contributed by atoms with Gasteiger partial charge in [-0.2, -0.15) is 0 Å². The van der Waals surface area contributed by atoms with E-state index in [-0.39, 0.29) is 0 Å². The predicted octanol–water partition coefficient (Wildman–Crippen LogP) is 3.26. The average Bonchev–Trinajstić information content (AvgIpc) is 3.05. The monoisotopic (exact) mass is 285 g/mol. The van der Waals surface area contributed by atoms with Gasteiger partial charge in [0.25, 0.3) is 0 Å². The molecule has 0 aliphatic rings. The van der Waals surface area contributed by atoms with Gasteiger partial charge in [-0.05, 0) is 23.1 Å². The van der Waals surface area contributed by atoms with Gasteiger partial charge in [-0.1, -0.05) is 18.2 Å². The molecule has 2 aromatic heterocycles. The number of carboxylic acids is 1. The summed E-state index contributed by atoms with van der Waals surface area (Å²) in [6.45, 7) is 0. The van der Waals surface area contributed by atoms with Gasteiger partial charge in [-0.3, -0.25) is 4.79 Å². The van der Waals surface area contributed by atoms with Gasteiger partial charge in [-0.25, -0.2) is 0 Å². The van der Waals surface area contributed by atoms with Crippen LogP contribution in [-0.2, 0) is 9.59 Å². The minimum absolute atomic E-state index is 0.465. The first-order valence-corrected chi connectivity index (χ1v) is 6.91. The minimum atomic E-state index is -1.12. The van der Waals surface area contributed by atoms with Gasteiger partial charge in [0.2, 0.25) is 0 Å². The fourth-order valence-electron chi connectivity index (χ4n) is 2.21. The Morgan fingerprint density at radius 2 is 2.15 bits per heavy atom. The Morgan fingerprint density at radius 1 is 1.35 bits per heavy atom. The molecule has 0 aliphatic heterocycles.